The van der Waals surface area contributed by atoms with Crippen molar-refractivity contribution in [3.05, 3.63) is 126 Å². The van der Waals surface area contributed by atoms with Gasteiger partial charge in [-0.25, -0.2) is 4.98 Å². The van der Waals surface area contributed by atoms with Gasteiger partial charge in [-0.2, -0.15) is 10.2 Å². The van der Waals surface area contributed by atoms with Gasteiger partial charge in [-0.05, 0) is 264 Å². The zero-order valence-corrected chi connectivity index (χ0v) is 102. The molecule has 840 valence electrons. The van der Waals surface area contributed by atoms with Crippen LogP contribution in [0.25, 0.3) is 32.8 Å². The minimum Gasteiger partial charge on any atom is -0.376 e. The van der Waals surface area contributed by atoms with Gasteiger partial charge in [0.25, 0.3) is 5.56 Å². The standard InChI is InChI=1S/3C11H14N2.C11H20O2.C10H19NO.2C10H18O.C9H16N2O2.C9H13NO.C9H18O2.C8H15NO.C7H15N.4C2H6/c1-11(2,3)13-8-12-9-6-4-5-7-10(9)13;1-11(2,3)13-8-9-6-4-5-7-10(9)12-13;1-11(2,3)13-10-7-5-4-6-9(10)8-12-13;1-11(2,3)13-8-10(12)7-6-9-4-5-9;1-10(2,3)9(12)11-7-5-4-6-8-11;1-10(2,3)9(11)7-6-8-4-5-8;1-10(2,3)9(11)7-8-5-4-6-8;1-9(2,3)8(13)11-5-4-10-7(12)6-11;1-9(2,3)10-7-5-4-6-8(10)11;1-9(2,3)11-7-8-5-4-6-10-8;1-8(2,3)7(10)9-5-4-6-9;1-7(2,3)8-5-4-6-8;4*1-2/h3*4-8H,1-3H3;9H,4-8H2,1-3H3;4-8H2,1-3H3;2*8H,4-7H2,1-3H3;4-6H2,1-3H3,(H,10,12);4-7H,1-3H3;8H,4-7H2,1-3H3;4-6H2,1-3H3;4-6H2,1-3H3;4*1-2H3. The number of amides is 4. The molecule has 7 aromatic rings. The number of pyridine rings is 1. The molecule has 3 aliphatic carbocycles. The number of carbonyl (C=O) groups excluding carboxylic acids is 7. The predicted octanol–water partition coefficient (Wildman–Crippen LogP) is 29.0. The van der Waals surface area contributed by atoms with Gasteiger partial charge in [-0.15, -0.1) is 0 Å². The Morgan fingerprint density at radius 3 is 1.22 bits per heavy atom. The zero-order valence-electron chi connectivity index (χ0n) is 102. The van der Waals surface area contributed by atoms with Gasteiger partial charge in [0, 0.05) is 138 Å². The molecule has 23 heteroatoms. The van der Waals surface area contributed by atoms with Crippen molar-refractivity contribution in [1.29, 1.82) is 0 Å². The Morgan fingerprint density at radius 1 is 0.401 bits per heavy atom. The van der Waals surface area contributed by atoms with Gasteiger partial charge in [-0.3, -0.25) is 52.6 Å². The number of aromatic nitrogens is 7. The van der Waals surface area contributed by atoms with Crippen molar-refractivity contribution < 1.29 is 47.8 Å². The van der Waals surface area contributed by atoms with E-state index in [0.29, 0.717) is 54.5 Å². The van der Waals surface area contributed by atoms with Gasteiger partial charge in [0.05, 0.1) is 76.1 Å². The van der Waals surface area contributed by atoms with Crippen LogP contribution in [0.3, 0.4) is 0 Å². The van der Waals surface area contributed by atoms with Crippen LogP contribution in [-0.4, -0.2) is 196 Å². The molecular weight excluding hydrogens is 1830 g/mol. The summed E-state index contributed by atoms with van der Waals surface area (Å²) >= 11 is 0. The minimum absolute atomic E-state index is 0.0219. The van der Waals surface area contributed by atoms with Gasteiger partial charge in [0.15, 0.2) is 5.78 Å². The number of fused-ring (bicyclic) bond motifs is 3. The van der Waals surface area contributed by atoms with Crippen molar-refractivity contribution in [1.82, 2.24) is 58.6 Å². The van der Waals surface area contributed by atoms with Crippen LogP contribution in [0.5, 0.6) is 0 Å². The van der Waals surface area contributed by atoms with E-state index in [0.717, 1.165) is 100 Å². The first kappa shape index (κ1) is 139. The Kier molecular flexibility index (Phi) is 61.6. The number of Topliss-reactive ketones (excluding diaryl/α,β-unsaturated/α-hetero) is 3. The van der Waals surface area contributed by atoms with Crippen LogP contribution in [0.2, 0.25) is 0 Å². The summed E-state index contributed by atoms with van der Waals surface area (Å²) in [6.07, 6.45) is 30.5. The Morgan fingerprint density at radius 2 is 0.850 bits per heavy atom. The van der Waals surface area contributed by atoms with E-state index < -0.39 is 5.41 Å². The first-order valence-electron chi connectivity index (χ1n) is 56.2. The summed E-state index contributed by atoms with van der Waals surface area (Å²) in [6, 6.07) is 29.9. The molecule has 4 amide bonds. The molecule has 1 unspecified atom stereocenters. The Hall–Kier alpha value is -8.25. The summed E-state index contributed by atoms with van der Waals surface area (Å²) in [5, 5.41) is 14.0. The smallest absolute Gasteiger partial charge is 0.250 e. The second kappa shape index (κ2) is 65.2. The third-order valence-electron chi connectivity index (χ3n) is 24.5. The fourth-order valence-electron chi connectivity index (χ4n) is 14.8. The van der Waals surface area contributed by atoms with Crippen LogP contribution in [0.15, 0.2) is 121 Å². The fraction of sp³-hybridized carbons (Fsp3) is 0.734. The average Bonchev–Trinajstić information content (AvgIpc) is 1.67. The molecular formula is C124H218N12O11. The summed E-state index contributed by atoms with van der Waals surface area (Å²) in [5.41, 5.74) is 3.94. The van der Waals surface area contributed by atoms with Crippen LogP contribution in [0.1, 0.15) is 427 Å². The summed E-state index contributed by atoms with van der Waals surface area (Å²) in [5.74, 6) is 4.14. The summed E-state index contributed by atoms with van der Waals surface area (Å²) < 4.78 is 24.4. The lowest BCUT2D eigenvalue weighted by molar-refractivity contribution is -0.144. The molecule has 23 nitrogen and oxygen atoms in total. The normalized spacial score (nSPS) is 16.3. The van der Waals surface area contributed by atoms with Crippen molar-refractivity contribution in [3.8, 4) is 0 Å². The molecule has 5 aliphatic heterocycles. The fourth-order valence-corrected chi connectivity index (χ4v) is 14.8. The molecule has 1 atom stereocenters. The molecule has 0 radical (unpaired) electrons. The van der Waals surface area contributed by atoms with E-state index in [1.165, 1.54) is 118 Å². The molecule has 8 fully saturated rings. The van der Waals surface area contributed by atoms with Crippen molar-refractivity contribution in [2.24, 2.45) is 44.8 Å². The maximum Gasteiger partial charge on any atom is 0.250 e. The lowest BCUT2D eigenvalue weighted by atomic mass is 9.77. The highest BCUT2D eigenvalue weighted by Crippen LogP contribution is 2.37. The van der Waals surface area contributed by atoms with Crippen LogP contribution in [0, 0.1) is 44.8 Å². The highest BCUT2D eigenvalue weighted by Gasteiger charge is 2.35. The highest BCUT2D eigenvalue weighted by molar-refractivity contribution is 5.89. The number of ether oxygens (including phenoxy) is 3. The number of imidazole rings is 1. The van der Waals surface area contributed by atoms with Crippen LogP contribution in [-0.2, 0) is 69.9 Å². The third-order valence-corrected chi connectivity index (χ3v) is 24.5. The van der Waals surface area contributed by atoms with Gasteiger partial charge in [-0.1, -0.05) is 259 Å². The molecule has 1 N–H and O–H groups in total. The molecule has 0 spiro atoms. The number of nitrogens with one attached hydrogen (secondary N) is 1. The number of piperidine rings is 1. The average molecular weight is 2050 g/mol. The van der Waals surface area contributed by atoms with Crippen LogP contribution in [0.4, 0.5) is 0 Å². The number of hydrogen-bond donors (Lipinski definition) is 1. The SMILES string of the molecule is CC.CC.CC.CC.CC(C)(C)C(=O)CC1CCC1.CC(C)(C)C(=O)CCC1CC1.CC(C)(C)C(=O)N1CCC1.CC(C)(C)C(=O)N1CCCCC1.CC(C)(C)C(=O)N1CCNC(=O)C1.CC(C)(C)N1CCC1.CC(C)(C)OCC(=O)CCC1CC1.CC(C)(C)OCC1CCCO1.CC(C)(C)n1cc2ccccc2n1.CC(C)(C)n1ccccc1=O.CC(C)(C)n1cnc2ccccc21.CC(C)(C)n1ncc2ccccc21. The van der Waals surface area contributed by atoms with E-state index in [1.807, 2.05) is 289 Å². The molecule has 5 saturated heterocycles. The number of carbonyl (C=O) groups is 7. The lowest BCUT2D eigenvalue weighted by Gasteiger charge is -2.42. The number of nitrogens with zero attached hydrogens (tertiary/aromatic N) is 11. The van der Waals surface area contributed by atoms with Crippen molar-refractivity contribution >= 4 is 73.8 Å². The number of benzene rings is 3. The van der Waals surface area contributed by atoms with Crippen LogP contribution < -0.4 is 10.9 Å². The Balaban J connectivity index is 0.00000157. The zero-order chi connectivity index (χ0) is 113. The van der Waals surface area contributed by atoms with Gasteiger partial charge < -0.3 is 43.4 Å². The topological polar surface area (TPSA) is 248 Å². The highest BCUT2D eigenvalue weighted by atomic mass is 16.5. The molecule has 147 heavy (non-hydrogen) atoms. The number of para-hydroxylation sites is 3. The molecule has 9 heterocycles. The Bertz CT molecular complexity index is 4760. The first-order valence-corrected chi connectivity index (χ1v) is 56.2. The molecule has 3 saturated carbocycles. The van der Waals surface area contributed by atoms with E-state index in [2.05, 4.69) is 169 Å². The van der Waals surface area contributed by atoms with E-state index in [-0.39, 0.29) is 91.3 Å². The van der Waals surface area contributed by atoms with Crippen molar-refractivity contribution in [2.75, 3.05) is 78.7 Å². The maximum absolute atomic E-state index is 11.7. The lowest BCUT2D eigenvalue weighted by Crippen LogP contribution is -2.52. The third kappa shape index (κ3) is 58.3. The predicted molar refractivity (Wildman–Crippen MR) is 621 cm³/mol. The van der Waals surface area contributed by atoms with E-state index >= 15 is 0 Å². The van der Waals surface area contributed by atoms with Crippen LogP contribution >= 0.6 is 0 Å². The molecule has 8 aliphatic rings. The number of ketones is 3. The monoisotopic (exact) mass is 2050 g/mol. The second-order valence-corrected chi connectivity index (χ2v) is 51.1. The van der Waals surface area contributed by atoms with E-state index in [9.17, 15) is 38.4 Å². The van der Waals surface area contributed by atoms with Crippen molar-refractivity contribution in [3.63, 3.8) is 0 Å². The quantitative estimate of drug-likeness (QED) is 0.119. The summed E-state index contributed by atoms with van der Waals surface area (Å²) in [6.45, 7) is 99.8. The van der Waals surface area contributed by atoms with E-state index in [1.54, 1.807) is 21.6 Å². The minimum atomic E-state index is -0.391. The maximum atomic E-state index is 11.7. The summed E-state index contributed by atoms with van der Waals surface area (Å²) in [4.78, 5) is 104. The number of hydrogen-bond acceptors (Lipinski definition) is 15. The number of piperazine rings is 1. The Labute approximate surface area is 896 Å². The van der Waals surface area contributed by atoms with Crippen molar-refractivity contribution in [2.45, 2.75) is 472 Å². The van der Waals surface area contributed by atoms with Gasteiger partial charge >= 0.3 is 0 Å². The van der Waals surface area contributed by atoms with E-state index in [4.69, 9.17) is 14.2 Å². The van der Waals surface area contributed by atoms with Gasteiger partial charge in [0.1, 0.15) is 18.2 Å². The number of likely N-dealkylation sites (tertiary alicyclic amines) is 3. The molecule has 15 rings (SSSR count). The van der Waals surface area contributed by atoms with Gasteiger partial charge in [0.2, 0.25) is 23.6 Å². The summed E-state index contributed by atoms with van der Waals surface area (Å²) in [7, 11) is 0. The largest absolute Gasteiger partial charge is 0.376 e. The first-order chi connectivity index (χ1) is 67.9. The molecule has 4 aromatic heterocycles. The number of rotatable bonds is 12. The second-order valence-electron chi connectivity index (χ2n) is 51.1. The molecule has 3 aromatic carbocycles. The molecule has 0 bridgehead atoms.